The van der Waals surface area contributed by atoms with Gasteiger partial charge in [-0.3, -0.25) is 14.9 Å². The fraction of sp³-hybridized carbons (Fsp3) is 0.188. The lowest BCUT2D eigenvalue weighted by atomic mass is 9.87. The molecule has 0 aliphatic carbocycles. The summed E-state index contributed by atoms with van der Waals surface area (Å²) in [5, 5.41) is 10.8. The Morgan fingerprint density at radius 1 is 1.23 bits per heavy atom. The fourth-order valence-corrected chi connectivity index (χ4v) is 2.66. The summed E-state index contributed by atoms with van der Waals surface area (Å²) in [7, 11) is 0. The molecule has 22 heavy (non-hydrogen) atoms. The molecule has 0 aromatic heterocycles. The molecule has 2 aromatic carbocycles. The Balaban J connectivity index is 2.12. The zero-order valence-electron chi connectivity index (χ0n) is 11.8. The van der Waals surface area contributed by atoms with Gasteiger partial charge in [0.25, 0.3) is 5.69 Å². The lowest BCUT2D eigenvalue weighted by Gasteiger charge is -2.28. The number of ether oxygens (including phenoxy) is 2. The quantitative estimate of drug-likeness (QED) is 0.494. The Hall–Kier alpha value is -2.89. The summed E-state index contributed by atoms with van der Waals surface area (Å²) in [5.74, 6) is 0.195. The number of esters is 1. The van der Waals surface area contributed by atoms with E-state index in [1.54, 1.807) is 18.2 Å². The number of rotatable bonds is 3. The van der Waals surface area contributed by atoms with E-state index in [1.807, 2.05) is 18.2 Å². The van der Waals surface area contributed by atoms with Crippen molar-refractivity contribution >= 4 is 11.7 Å². The third-order valence-electron chi connectivity index (χ3n) is 3.62. The number of nitro benzene ring substituents is 1. The van der Waals surface area contributed by atoms with E-state index in [1.165, 1.54) is 19.1 Å². The van der Waals surface area contributed by atoms with Crippen LogP contribution in [0.3, 0.4) is 0 Å². The number of carbonyl (C=O) groups is 1. The van der Waals surface area contributed by atoms with E-state index in [4.69, 9.17) is 9.47 Å². The molecule has 3 rings (SSSR count). The van der Waals surface area contributed by atoms with Crippen molar-refractivity contribution in [3.8, 4) is 5.75 Å². The minimum atomic E-state index is -1.07. The minimum Gasteiger partial charge on any atom is -0.488 e. The normalized spacial score (nSPS) is 19.1. The van der Waals surface area contributed by atoms with Crippen molar-refractivity contribution in [1.82, 2.24) is 0 Å². The maximum absolute atomic E-state index is 11.6. The van der Waals surface area contributed by atoms with Gasteiger partial charge in [-0.05, 0) is 18.2 Å². The van der Waals surface area contributed by atoms with Gasteiger partial charge in [-0.25, -0.2) is 0 Å². The van der Waals surface area contributed by atoms with Gasteiger partial charge in [0.05, 0.1) is 4.92 Å². The second-order valence-electron chi connectivity index (χ2n) is 5.01. The first-order valence-corrected chi connectivity index (χ1v) is 6.70. The molecule has 0 amide bonds. The molecule has 6 heteroatoms. The third kappa shape index (κ3) is 2.18. The van der Waals surface area contributed by atoms with Gasteiger partial charge in [-0.15, -0.1) is 0 Å². The number of non-ortho nitro benzene ring substituents is 1. The van der Waals surface area contributed by atoms with Gasteiger partial charge in [0.15, 0.2) is 5.60 Å². The molecule has 0 fully saturated rings. The van der Waals surface area contributed by atoms with Gasteiger partial charge in [0.2, 0.25) is 0 Å². The van der Waals surface area contributed by atoms with Crippen LogP contribution in [0.25, 0.3) is 0 Å². The molecule has 6 nitrogen and oxygen atoms in total. The van der Waals surface area contributed by atoms with Crippen LogP contribution in [0.1, 0.15) is 18.1 Å². The molecular weight excluding hydrogens is 286 g/mol. The molecule has 1 atom stereocenters. The number of hydrogen-bond donors (Lipinski definition) is 0. The van der Waals surface area contributed by atoms with Crippen LogP contribution < -0.4 is 4.74 Å². The molecule has 0 saturated carbocycles. The van der Waals surface area contributed by atoms with Gasteiger partial charge < -0.3 is 9.47 Å². The highest BCUT2D eigenvalue weighted by molar-refractivity contribution is 5.68. The molecule has 1 heterocycles. The summed E-state index contributed by atoms with van der Waals surface area (Å²) in [6, 6.07) is 13.2. The molecule has 1 unspecified atom stereocenters. The monoisotopic (exact) mass is 299 g/mol. The zero-order chi connectivity index (χ0) is 15.7. The number of para-hydroxylation sites is 1. The highest BCUT2D eigenvalue weighted by atomic mass is 16.6. The Morgan fingerprint density at radius 3 is 2.55 bits per heavy atom. The van der Waals surface area contributed by atoms with Crippen LogP contribution in [0.15, 0.2) is 48.5 Å². The average Bonchev–Trinajstić information content (AvgIpc) is 2.87. The lowest BCUT2D eigenvalue weighted by Crippen LogP contribution is -2.34. The van der Waals surface area contributed by atoms with Crippen molar-refractivity contribution in [3.05, 3.63) is 69.8 Å². The first-order chi connectivity index (χ1) is 10.5. The van der Waals surface area contributed by atoms with Crippen LogP contribution in [0.4, 0.5) is 5.69 Å². The number of nitro groups is 1. The molecule has 0 spiro atoms. The maximum Gasteiger partial charge on any atom is 0.303 e. The lowest BCUT2D eigenvalue weighted by molar-refractivity contribution is -0.384. The van der Waals surface area contributed by atoms with Crippen LogP contribution >= 0.6 is 0 Å². The SMILES string of the molecule is CC(=O)OC1(c2ccc([N+](=O)[O-])cc2)COc2ccccc21. The van der Waals surface area contributed by atoms with Gasteiger partial charge in [-0.1, -0.05) is 18.2 Å². The first-order valence-electron chi connectivity index (χ1n) is 6.70. The van der Waals surface area contributed by atoms with Crippen molar-refractivity contribution in [2.75, 3.05) is 6.61 Å². The van der Waals surface area contributed by atoms with Crippen molar-refractivity contribution < 1.29 is 19.2 Å². The standard InChI is InChI=1S/C16H13NO5/c1-11(18)22-16(10-21-15-5-3-2-4-14(15)16)12-6-8-13(9-7-12)17(19)20/h2-9H,10H2,1H3. The second-order valence-corrected chi connectivity index (χ2v) is 5.01. The van der Waals surface area contributed by atoms with E-state index >= 15 is 0 Å². The fourth-order valence-electron chi connectivity index (χ4n) is 2.66. The molecule has 2 aromatic rings. The molecule has 0 saturated heterocycles. The van der Waals surface area contributed by atoms with Crippen LogP contribution in [0.2, 0.25) is 0 Å². The second kappa shape index (κ2) is 5.14. The van der Waals surface area contributed by atoms with Gasteiger partial charge in [0, 0.05) is 30.2 Å². The van der Waals surface area contributed by atoms with E-state index in [0.717, 1.165) is 5.56 Å². The first kappa shape index (κ1) is 14.1. The van der Waals surface area contributed by atoms with Crippen molar-refractivity contribution in [2.45, 2.75) is 12.5 Å². The average molecular weight is 299 g/mol. The van der Waals surface area contributed by atoms with Crippen molar-refractivity contribution in [2.24, 2.45) is 0 Å². The summed E-state index contributed by atoms with van der Waals surface area (Å²) in [6.07, 6.45) is 0. The summed E-state index contributed by atoms with van der Waals surface area (Å²) < 4.78 is 11.2. The molecule has 1 aliphatic heterocycles. The van der Waals surface area contributed by atoms with E-state index in [9.17, 15) is 14.9 Å². The predicted octanol–water partition coefficient (Wildman–Crippen LogP) is 2.79. The van der Waals surface area contributed by atoms with Crippen LogP contribution in [-0.2, 0) is 15.1 Å². The van der Waals surface area contributed by atoms with Crippen molar-refractivity contribution in [1.29, 1.82) is 0 Å². The van der Waals surface area contributed by atoms with E-state index in [-0.39, 0.29) is 12.3 Å². The van der Waals surface area contributed by atoms with Gasteiger partial charge in [0.1, 0.15) is 12.4 Å². The predicted molar refractivity (Wildman–Crippen MR) is 77.6 cm³/mol. The van der Waals surface area contributed by atoms with Crippen LogP contribution in [0, 0.1) is 10.1 Å². The molecule has 0 N–H and O–H groups in total. The van der Waals surface area contributed by atoms with E-state index < -0.39 is 16.5 Å². The zero-order valence-corrected chi connectivity index (χ0v) is 11.8. The summed E-state index contributed by atoms with van der Waals surface area (Å²) in [5.41, 5.74) is 0.281. The highest BCUT2D eigenvalue weighted by Crippen LogP contribution is 2.44. The van der Waals surface area contributed by atoms with E-state index in [2.05, 4.69) is 0 Å². The molecule has 1 aliphatic rings. The largest absolute Gasteiger partial charge is 0.488 e. The molecule has 112 valence electrons. The number of benzene rings is 2. The molecular formula is C16H13NO5. The summed E-state index contributed by atoms with van der Waals surface area (Å²) >= 11 is 0. The Kier molecular flexibility index (Phi) is 3.29. The minimum absolute atomic E-state index is 0.0195. The molecule has 0 radical (unpaired) electrons. The molecule has 0 bridgehead atoms. The number of fused-ring (bicyclic) bond motifs is 1. The van der Waals surface area contributed by atoms with E-state index in [0.29, 0.717) is 11.3 Å². The summed E-state index contributed by atoms with van der Waals surface area (Å²) in [4.78, 5) is 21.9. The van der Waals surface area contributed by atoms with Gasteiger partial charge in [-0.2, -0.15) is 0 Å². The van der Waals surface area contributed by atoms with Crippen LogP contribution in [0.5, 0.6) is 5.75 Å². The topological polar surface area (TPSA) is 78.7 Å². The maximum atomic E-state index is 11.6. The smallest absolute Gasteiger partial charge is 0.303 e. The Morgan fingerprint density at radius 2 is 1.91 bits per heavy atom. The van der Waals surface area contributed by atoms with Crippen molar-refractivity contribution in [3.63, 3.8) is 0 Å². The number of hydrogen-bond acceptors (Lipinski definition) is 5. The number of carbonyl (C=O) groups excluding carboxylic acids is 1. The Labute approximate surface area is 126 Å². The summed E-state index contributed by atoms with van der Waals surface area (Å²) in [6.45, 7) is 1.47. The van der Waals surface area contributed by atoms with Crippen LogP contribution in [-0.4, -0.2) is 17.5 Å². The number of nitrogens with zero attached hydrogens (tertiary/aromatic N) is 1. The highest BCUT2D eigenvalue weighted by Gasteiger charge is 2.45. The Bertz CT molecular complexity index is 740. The third-order valence-corrected chi connectivity index (χ3v) is 3.62. The van der Waals surface area contributed by atoms with Gasteiger partial charge >= 0.3 is 5.97 Å².